The Labute approximate surface area is 168 Å². The van der Waals surface area contributed by atoms with Crippen LogP contribution < -0.4 is 16.1 Å². The zero-order chi connectivity index (χ0) is 20.7. The minimum atomic E-state index is -0.949. The number of para-hydroxylation sites is 1. The van der Waals surface area contributed by atoms with Crippen molar-refractivity contribution in [2.24, 2.45) is 5.10 Å². The topological polar surface area (TPSA) is 99.7 Å². The molecule has 3 amide bonds. The van der Waals surface area contributed by atoms with E-state index in [-0.39, 0.29) is 12.3 Å². The summed E-state index contributed by atoms with van der Waals surface area (Å²) in [7, 11) is 0. The van der Waals surface area contributed by atoms with Crippen molar-refractivity contribution in [1.82, 2.24) is 5.43 Å². The van der Waals surface area contributed by atoms with Crippen molar-refractivity contribution in [3.05, 3.63) is 58.6 Å². The summed E-state index contributed by atoms with van der Waals surface area (Å²) in [6, 6.07) is 12.3. The van der Waals surface area contributed by atoms with Crippen LogP contribution in [0, 0.1) is 13.8 Å². The summed E-state index contributed by atoms with van der Waals surface area (Å²) in [4.78, 5) is 35.8. The van der Waals surface area contributed by atoms with Gasteiger partial charge in [0.1, 0.15) is 0 Å². The van der Waals surface area contributed by atoms with E-state index in [1.807, 2.05) is 32.0 Å². The highest BCUT2D eigenvalue weighted by atomic mass is 35.5. The van der Waals surface area contributed by atoms with Crippen LogP contribution in [0.1, 0.15) is 24.5 Å². The molecule has 0 aromatic heterocycles. The SMILES string of the molecule is CC(CC(=O)Nc1ccccc1C)=NNC(=O)C(=O)Nc1ccc(C)c(Cl)c1. The van der Waals surface area contributed by atoms with Gasteiger partial charge >= 0.3 is 11.8 Å². The highest BCUT2D eigenvalue weighted by Crippen LogP contribution is 2.19. The Hall–Kier alpha value is -3.19. The number of hydrazone groups is 1. The van der Waals surface area contributed by atoms with Gasteiger partial charge in [0, 0.05) is 22.1 Å². The molecule has 0 unspecified atom stereocenters. The molecule has 0 aliphatic carbocycles. The van der Waals surface area contributed by atoms with Gasteiger partial charge in [0.15, 0.2) is 0 Å². The van der Waals surface area contributed by atoms with Crippen LogP contribution in [0.15, 0.2) is 47.6 Å². The maximum atomic E-state index is 12.1. The predicted octanol–water partition coefficient (Wildman–Crippen LogP) is 3.42. The Bertz CT molecular complexity index is 941. The van der Waals surface area contributed by atoms with E-state index in [2.05, 4.69) is 21.2 Å². The minimum absolute atomic E-state index is 0.0240. The van der Waals surface area contributed by atoms with Crippen LogP contribution in [-0.2, 0) is 14.4 Å². The molecule has 7 nitrogen and oxygen atoms in total. The van der Waals surface area contributed by atoms with E-state index in [0.717, 1.165) is 11.1 Å². The molecule has 8 heteroatoms. The number of nitrogens with zero attached hydrogens (tertiary/aromatic N) is 1. The van der Waals surface area contributed by atoms with Crippen LogP contribution in [-0.4, -0.2) is 23.4 Å². The predicted molar refractivity (Wildman–Crippen MR) is 110 cm³/mol. The van der Waals surface area contributed by atoms with Gasteiger partial charge in [0.2, 0.25) is 5.91 Å². The van der Waals surface area contributed by atoms with Gasteiger partial charge in [-0.2, -0.15) is 5.10 Å². The molecule has 2 aromatic carbocycles. The molecular weight excluding hydrogens is 380 g/mol. The van der Waals surface area contributed by atoms with Crippen LogP contribution in [0.4, 0.5) is 11.4 Å². The fraction of sp³-hybridized carbons (Fsp3) is 0.200. The summed E-state index contributed by atoms with van der Waals surface area (Å²) < 4.78 is 0. The molecule has 28 heavy (non-hydrogen) atoms. The highest BCUT2D eigenvalue weighted by Gasteiger charge is 2.14. The number of carbonyl (C=O) groups excluding carboxylic acids is 3. The number of aryl methyl sites for hydroxylation is 2. The van der Waals surface area contributed by atoms with E-state index < -0.39 is 11.8 Å². The number of benzene rings is 2. The first-order valence-electron chi connectivity index (χ1n) is 8.52. The highest BCUT2D eigenvalue weighted by molar-refractivity contribution is 6.40. The van der Waals surface area contributed by atoms with Crippen LogP contribution in [0.5, 0.6) is 0 Å². The number of hydrogen-bond acceptors (Lipinski definition) is 4. The van der Waals surface area contributed by atoms with Crippen molar-refractivity contribution in [2.45, 2.75) is 27.2 Å². The average Bonchev–Trinajstić information content (AvgIpc) is 2.64. The molecule has 0 aliphatic heterocycles. The summed E-state index contributed by atoms with van der Waals surface area (Å²) in [6.45, 7) is 5.29. The van der Waals surface area contributed by atoms with E-state index in [0.29, 0.717) is 22.1 Å². The molecule has 0 spiro atoms. The molecule has 0 saturated heterocycles. The quantitative estimate of drug-likeness (QED) is 0.407. The third-order valence-corrected chi connectivity index (χ3v) is 4.23. The zero-order valence-corrected chi connectivity index (χ0v) is 16.6. The average molecular weight is 401 g/mol. The van der Waals surface area contributed by atoms with Gasteiger partial charge in [-0.25, -0.2) is 5.43 Å². The van der Waals surface area contributed by atoms with E-state index in [1.54, 1.807) is 31.2 Å². The number of halogens is 1. The molecule has 0 heterocycles. The Morgan fingerprint density at radius 2 is 1.68 bits per heavy atom. The van der Waals surface area contributed by atoms with E-state index in [4.69, 9.17) is 11.6 Å². The van der Waals surface area contributed by atoms with Crippen molar-refractivity contribution < 1.29 is 14.4 Å². The third kappa shape index (κ3) is 6.21. The largest absolute Gasteiger partial charge is 0.329 e. The lowest BCUT2D eigenvalue weighted by atomic mass is 10.2. The second-order valence-electron chi connectivity index (χ2n) is 6.25. The first-order valence-corrected chi connectivity index (χ1v) is 8.90. The smallest absolute Gasteiger partial charge is 0.326 e. The van der Waals surface area contributed by atoms with Gasteiger partial charge in [-0.3, -0.25) is 14.4 Å². The van der Waals surface area contributed by atoms with Crippen molar-refractivity contribution in [3.63, 3.8) is 0 Å². The minimum Gasteiger partial charge on any atom is -0.326 e. The summed E-state index contributed by atoms with van der Waals surface area (Å²) >= 11 is 5.98. The molecule has 0 fully saturated rings. The molecule has 3 N–H and O–H groups in total. The van der Waals surface area contributed by atoms with Gasteiger partial charge in [0.25, 0.3) is 0 Å². The van der Waals surface area contributed by atoms with Gasteiger partial charge in [0.05, 0.1) is 6.42 Å². The fourth-order valence-corrected chi connectivity index (χ4v) is 2.42. The summed E-state index contributed by atoms with van der Waals surface area (Å²) in [5.41, 5.74) is 5.38. The van der Waals surface area contributed by atoms with Gasteiger partial charge in [-0.1, -0.05) is 35.9 Å². The van der Waals surface area contributed by atoms with Crippen molar-refractivity contribution in [3.8, 4) is 0 Å². The van der Waals surface area contributed by atoms with Gasteiger partial charge in [-0.15, -0.1) is 0 Å². The lowest BCUT2D eigenvalue weighted by Crippen LogP contribution is -2.33. The van der Waals surface area contributed by atoms with Crippen LogP contribution in [0.25, 0.3) is 0 Å². The van der Waals surface area contributed by atoms with Crippen LogP contribution in [0.2, 0.25) is 5.02 Å². The number of carbonyl (C=O) groups is 3. The van der Waals surface area contributed by atoms with Gasteiger partial charge < -0.3 is 10.6 Å². The Kier molecular flexibility index (Phi) is 7.28. The zero-order valence-electron chi connectivity index (χ0n) is 15.8. The summed E-state index contributed by atoms with van der Waals surface area (Å²) in [5, 5.41) is 9.47. The van der Waals surface area contributed by atoms with Crippen molar-refractivity contribution >= 4 is 46.4 Å². The number of nitrogens with one attached hydrogen (secondary N) is 3. The lowest BCUT2D eigenvalue weighted by Gasteiger charge is -2.08. The fourth-order valence-electron chi connectivity index (χ4n) is 2.23. The maximum absolute atomic E-state index is 12.1. The molecule has 2 aromatic rings. The molecule has 0 bridgehead atoms. The molecule has 0 radical (unpaired) electrons. The third-order valence-electron chi connectivity index (χ3n) is 3.82. The normalized spacial score (nSPS) is 10.9. The van der Waals surface area contributed by atoms with Gasteiger partial charge in [-0.05, 0) is 50.1 Å². The number of anilines is 2. The van der Waals surface area contributed by atoms with Crippen molar-refractivity contribution in [1.29, 1.82) is 0 Å². The van der Waals surface area contributed by atoms with Crippen LogP contribution >= 0.6 is 11.6 Å². The van der Waals surface area contributed by atoms with Crippen molar-refractivity contribution in [2.75, 3.05) is 10.6 Å². The monoisotopic (exact) mass is 400 g/mol. The molecule has 2 rings (SSSR count). The molecule has 146 valence electrons. The Balaban J connectivity index is 1.86. The molecule has 0 saturated carbocycles. The Morgan fingerprint density at radius 3 is 2.36 bits per heavy atom. The molecular formula is C20H21ClN4O3. The number of hydrogen-bond donors (Lipinski definition) is 3. The standard InChI is InChI=1S/C20H21ClN4O3/c1-12-8-9-15(11-16(12)21)22-19(27)20(28)25-24-14(3)10-18(26)23-17-7-5-4-6-13(17)2/h4-9,11H,10H2,1-3H3,(H,22,27)(H,23,26)(H,25,28). The Morgan fingerprint density at radius 1 is 0.964 bits per heavy atom. The number of amides is 3. The first-order chi connectivity index (χ1) is 13.3. The first kappa shape index (κ1) is 21.1. The number of rotatable bonds is 5. The van der Waals surface area contributed by atoms with Crippen LogP contribution in [0.3, 0.4) is 0 Å². The molecule has 0 atom stereocenters. The maximum Gasteiger partial charge on any atom is 0.329 e. The molecule has 0 aliphatic rings. The van der Waals surface area contributed by atoms with E-state index >= 15 is 0 Å². The summed E-state index contributed by atoms with van der Waals surface area (Å²) in [6.07, 6.45) is -0.0240. The van der Waals surface area contributed by atoms with E-state index in [9.17, 15) is 14.4 Å². The second-order valence-corrected chi connectivity index (χ2v) is 6.65. The van der Waals surface area contributed by atoms with E-state index in [1.165, 1.54) is 0 Å². The second kappa shape index (κ2) is 9.66. The summed E-state index contributed by atoms with van der Waals surface area (Å²) in [5.74, 6) is -2.11. The lowest BCUT2D eigenvalue weighted by molar-refractivity contribution is -0.136.